The van der Waals surface area contributed by atoms with Crippen LogP contribution in [0.3, 0.4) is 0 Å². The number of esters is 1. The zero-order valence-electron chi connectivity index (χ0n) is 15.4. The molecule has 0 atom stereocenters. The van der Waals surface area contributed by atoms with Crippen molar-refractivity contribution >= 4 is 39.3 Å². The fraction of sp³-hybridized carbons (Fsp3) is 0.105. The molecule has 0 fully saturated rings. The number of carbonyl (C=O) groups is 1. The number of halogens is 2. The molecule has 0 unspecified atom stereocenters. The average Bonchev–Trinajstić information content (AvgIpc) is 2.69. The normalized spacial score (nSPS) is 11.2. The summed E-state index contributed by atoms with van der Waals surface area (Å²) in [4.78, 5) is 24.8. The van der Waals surface area contributed by atoms with Gasteiger partial charge in [-0.25, -0.2) is 4.79 Å². The molecular formula is C19H14Cl2N2O6S. The number of para-hydroxylation sites is 1. The van der Waals surface area contributed by atoms with Crippen LogP contribution in [-0.4, -0.2) is 30.8 Å². The number of ether oxygens (including phenoxy) is 1. The van der Waals surface area contributed by atoms with Crippen molar-refractivity contribution in [3.63, 3.8) is 0 Å². The first-order valence-corrected chi connectivity index (χ1v) is 10.7. The van der Waals surface area contributed by atoms with Gasteiger partial charge in [0.2, 0.25) is 5.69 Å². The lowest BCUT2D eigenvalue weighted by atomic mass is 10.3. The maximum absolute atomic E-state index is 12.6. The molecule has 0 saturated heterocycles. The van der Waals surface area contributed by atoms with E-state index in [1.165, 1.54) is 36.4 Å². The first-order valence-electron chi connectivity index (χ1n) is 8.49. The summed E-state index contributed by atoms with van der Waals surface area (Å²) in [6.45, 7) is 1.56. The topological polar surface area (TPSA) is 105 Å². The average molecular weight is 469 g/mol. The molecule has 1 aromatic heterocycles. The van der Waals surface area contributed by atoms with Crippen LogP contribution in [0.5, 0.6) is 5.75 Å². The molecule has 0 aliphatic carbocycles. The highest BCUT2D eigenvalue weighted by atomic mass is 35.5. The molecule has 2 aromatic carbocycles. The maximum atomic E-state index is 12.6. The van der Waals surface area contributed by atoms with Crippen molar-refractivity contribution in [3.05, 3.63) is 80.7 Å². The van der Waals surface area contributed by atoms with Gasteiger partial charge in [0.25, 0.3) is 5.56 Å². The van der Waals surface area contributed by atoms with Gasteiger partial charge in [-0.15, -0.1) is 0 Å². The first kappa shape index (κ1) is 21.8. The molecule has 8 nitrogen and oxygen atoms in total. The van der Waals surface area contributed by atoms with E-state index < -0.39 is 33.1 Å². The van der Waals surface area contributed by atoms with E-state index in [1.807, 2.05) is 0 Å². The van der Waals surface area contributed by atoms with Crippen molar-refractivity contribution in [1.82, 2.24) is 9.78 Å². The van der Waals surface area contributed by atoms with Gasteiger partial charge in [0.1, 0.15) is 4.90 Å². The molecule has 30 heavy (non-hydrogen) atoms. The van der Waals surface area contributed by atoms with Crippen LogP contribution in [-0.2, 0) is 14.9 Å². The van der Waals surface area contributed by atoms with Gasteiger partial charge in [-0.2, -0.15) is 18.2 Å². The Morgan fingerprint density at radius 2 is 1.77 bits per heavy atom. The van der Waals surface area contributed by atoms with Gasteiger partial charge in [-0.05, 0) is 43.3 Å². The maximum Gasteiger partial charge on any atom is 0.362 e. The Balaban J connectivity index is 2.13. The lowest BCUT2D eigenvalue weighted by Gasteiger charge is -2.13. The zero-order valence-corrected chi connectivity index (χ0v) is 17.7. The van der Waals surface area contributed by atoms with E-state index in [0.717, 1.165) is 10.7 Å². The van der Waals surface area contributed by atoms with Gasteiger partial charge in [0, 0.05) is 5.02 Å². The quantitative estimate of drug-likeness (QED) is 0.402. The van der Waals surface area contributed by atoms with Crippen molar-refractivity contribution in [2.45, 2.75) is 11.8 Å². The number of rotatable bonds is 6. The van der Waals surface area contributed by atoms with Crippen LogP contribution in [0.4, 0.5) is 0 Å². The highest BCUT2D eigenvalue weighted by molar-refractivity contribution is 7.87. The molecule has 11 heteroatoms. The number of aromatic nitrogens is 2. The number of nitrogens with zero attached hydrogens (tertiary/aromatic N) is 2. The molecule has 0 amide bonds. The van der Waals surface area contributed by atoms with E-state index in [0.29, 0.717) is 5.02 Å². The Kier molecular flexibility index (Phi) is 6.45. The molecular weight excluding hydrogens is 455 g/mol. The third-order valence-electron chi connectivity index (χ3n) is 3.75. The molecule has 0 N–H and O–H groups in total. The van der Waals surface area contributed by atoms with Crippen LogP contribution in [0.1, 0.15) is 17.4 Å². The molecule has 0 radical (unpaired) electrons. The third-order valence-corrected chi connectivity index (χ3v) is 5.57. The van der Waals surface area contributed by atoms with E-state index in [1.54, 1.807) is 19.1 Å². The second kappa shape index (κ2) is 8.86. The summed E-state index contributed by atoms with van der Waals surface area (Å²) in [5.41, 5.74) is -1.08. The van der Waals surface area contributed by atoms with Crippen LogP contribution in [0.15, 0.2) is 64.3 Å². The summed E-state index contributed by atoms with van der Waals surface area (Å²) in [5.74, 6) is -1.55. The fourth-order valence-electron chi connectivity index (χ4n) is 2.41. The van der Waals surface area contributed by atoms with Gasteiger partial charge < -0.3 is 8.92 Å². The van der Waals surface area contributed by atoms with Crippen LogP contribution in [0, 0.1) is 0 Å². The largest absolute Gasteiger partial charge is 0.461 e. The predicted octanol–water partition coefficient (Wildman–Crippen LogP) is 3.48. The first-order chi connectivity index (χ1) is 14.2. The molecule has 0 saturated carbocycles. The minimum Gasteiger partial charge on any atom is -0.461 e. The molecule has 0 aliphatic heterocycles. The van der Waals surface area contributed by atoms with Crippen molar-refractivity contribution in [2.75, 3.05) is 6.61 Å². The Bertz CT molecular complexity index is 1260. The molecule has 0 spiro atoms. The second-order valence-electron chi connectivity index (χ2n) is 5.77. The second-order valence-corrected chi connectivity index (χ2v) is 8.16. The molecule has 156 valence electrons. The van der Waals surface area contributed by atoms with Crippen LogP contribution in [0.25, 0.3) is 5.69 Å². The standard InChI is InChI=1S/C19H14Cl2N2O6S/c1-2-28-19(25)18-16(29-30(26,27)13-9-7-12(20)8-10-13)11-17(24)23(22-18)15-6-4-3-5-14(15)21/h3-11H,2H2,1H3. The number of hydrogen-bond donors (Lipinski definition) is 0. The van der Waals surface area contributed by atoms with Crippen LogP contribution >= 0.6 is 23.2 Å². The Hall–Kier alpha value is -2.88. The molecule has 1 heterocycles. The van der Waals surface area contributed by atoms with E-state index in [4.69, 9.17) is 32.1 Å². The lowest BCUT2D eigenvalue weighted by Crippen LogP contribution is -2.26. The minimum absolute atomic E-state index is 0.00485. The minimum atomic E-state index is -4.38. The van der Waals surface area contributed by atoms with E-state index >= 15 is 0 Å². The van der Waals surface area contributed by atoms with E-state index in [2.05, 4.69) is 5.10 Å². The molecule has 3 aromatic rings. The molecule has 0 bridgehead atoms. The smallest absolute Gasteiger partial charge is 0.362 e. The lowest BCUT2D eigenvalue weighted by molar-refractivity contribution is 0.0515. The van der Waals surface area contributed by atoms with Crippen LogP contribution in [0.2, 0.25) is 10.0 Å². The van der Waals surface area contributed by atoms with Gasteiger partial charge in [-0.3, -0.25) is 4.79 Å². The van der Waals surface area contributed by atoms with Gasteiger partial charge >= 0.3 is 16.1 Å². The highest BCUT2D eigenvalue weighted by Gasteiger charge is 2.25. The van der Waals surface area contributed by atoms with Crippen molar-refractivity contribution in [3.8, 4) is 11.4 Å². The summed E-state index contributed by atoms with van der Waals surface area (Å²) < 4.78 is 36.0. The summed E-state index contributed by atoms with van der Waals surface area (Å²) >= 11 is 11.9. The van der Waals surface area contributed by atoms with E-state index in [-0.39, 0.29) is 22.2 Å². The monoisotopic (exact) mass is 468 g/mol. The number of carbonyl (C=O) groups excluding carboxylic acids is 1. The zero-order chi connectivity index (χ0) is 21.9. The summed E-state index contributed by atoms with van der Waals surface area (Å²) in [7, 11) is -4.38. The van der Waals surface area contributed by atoms with E-state index in [9.17, 15) is 18.0 Å². The Morgan fingerprint density at radius 1 is 1.10 bits per heavy atom. The summed E-state index contributed by atoms with van der Waals surface area (Å²) in [5, 5.41) is 4.47. The Labute approximate surface area is 181 Å². The summed E-state index contributed by atoms with van der Waals surface area (Å²) in [6, 6.07) is 12.3. The van der Waals surface area contributed by atoms with Gasteiger partial charge in [-0.1, -0.05) is 35.3 Å². The van der Waals surface area contributed by atoms with Gasteiger partial charge in [0.15, 0.2) is 5.75 Å². The molecule has 0 aliphatic rings. The number of hydrogen-bond acceptors (Lipinski definition) is 7. The third kappa shape index (κ3) is 4.64. The van der Waals surface area contributed by atoms with Crippen molar-refractivity contribution < 1.29 is 22.1 Å². The fourth-order valence-corrected chi connectivity index (χ4v) is 3.68. The molecule has 3 rings (SSSR count). The van der Waals surface area contributed by atoms with Crippen molar-refractivity contribution in [1.29, 1.82) is 0 Å². The predicted molar refractivity (Wildman–Crippen MR) is 110 cm³/mol. The van der Waals surface area contributed by atoms with Crippen molar-refractivity contribution in [2.24, 2.45) is 0 Å². The SMILES string of the molecule is CCOC(=O)c1nn(-c2ccccc2Cl)c(=O)cc1OS(=O)(=O)c1ccc(Cl)cc1. The highest BCUT2D eigenvalue weighted by Crippen LogP contribution is 2.24. The number of benzene rings is 2. The van der Waals surface area contributed by atoms with Gasteiger partial charge in [0.05, 0.1) is 23.4 Å². The van der Waals surface area contributed by atoms with Crippen LogP contribution < -0.4 is 9.74 Å². The summed E-state index contributed by atoms with van der Waals surface area (Å²) in [6.07, 6.45) is 0. The Morgan fingerprint density at radius 3 is 2.40 bits per heavy atom.